The summed E-state index contributed by atoms with van der Waals surface area (Å²) in [6.45, 7) is 6.80. The van der Waals surface area contributed by atoms with Crippen molar-refractivity contribution in [3.63, 3.8) is 0 Å². The number of pyridine rings is 1. The number of nitrogens with zero attached hydrogens (tertiary/aromatic N) is 11. The van der Waals surface area contributed by atoms with Crippen molar-refractivity contribution in [3.05, 3.63) is 106 Å². The molecule has 0 amide bonds. The van der Waals surface area contributed by atoms with Gasteiger partial charge in [-0.05, 0) is 130 Å². The van der Waals surface area contributed by atoms with E-state index in [2.05, 4.69) is 52.0 Å². The topological polar surface area (TPSA) is 419 Å². The largest absolute Gasteiger partial charge is 0.497 e. The smallest absolute Gasteiger partial charge is 0.425 e. The number of methoxy groups -OCH3 is 1. The van der Waals surface area contributed by atoms with Crippen molar-refractivity contribution in [1.29, 1.82) is 5.26 Å². The van der Waals surface area contributed by atoms with E-state index in [1.807, 2.05) is 0 Å². The number of benzene rings is 5. The maximum Gasteiger partial charge on any atom is 0.425 e. The Morgan fingerprint density at radius 2 is 1.16 bits per heavy atom. The third-order valence-electron chi connectivity index (χ3n) is 11.7. The van der Waals surface area contributed by atoms with E-state index in [0.717, 1.165) is 0 Å². The molecule has 0 bridgehead atoms. The molecule has 0 saturated heterocycles. The molecule has 4 N–H and O–H groups in total. The number of hydrogen-bond acceptors (Lipinski definition) is 26. The fraction of sp³-hybridized carbons (Fsp3) is 0.275. The van der Waals surface area contributed by atoms with Gasteiger partial charge in [-0.1, -0.05) is 11.6 Å². The van der Waals surface area contributed by atoms with Crippen molar-refractivity contribution in [2.75, 3.05) is 42.5 Å². The fourth-order valence-electron chi connectivity index (χ4n) is 7.67. The fourth-order valence-corrected chi connectivity index (χ4v) is 11.6. The lowest BCUT2D eigenvalue weighted by atomic mass is 10.1. The molecule has 35 heteroatoms. The molecular weight excluding hydrogens is 1270 g/mol. The van der Waals surface area contributed by atoms with Gasteiger partial charge in [0.25, 0.3) is 36.8 Å². The first-order valence-corrected chi connectivity index (χ1v) is 32.9. The van der Waals surface area contributed by atoms with Crippen LogP contribution < -0.4 is 14.2 Å². The first-order valence-electron chi connectivity index (χ1n) is 24.7. The Morgan fingerprint density at radius 3 is 1.69 bits per heavy atom. The van der Waals surface area contributed by atoms with Gasteiger partial charge in [0.1, 0.15) is 28.8 Å². The van der Waals surface area contributed by atoms with Crippen molar-refractivity contribution in [2.45, 2.75) is 56.7 Å². The van der Waals surface area contributed by atoms with Gasteiger partial charge in [0.05, 0.1) is 81.2 Å². The molecule has 0 aliphatic rings. The van der Waals surface area contributed by atoms with Crippen LogP contribution in [0.2, 0.25) is 5.02 Å². The van der Waals surface area contributed by atoms with E-state index in [1.54, 1.807) is 82.3 Å². The van der Waals surface area contributed by atoms with Crippen LogP contribution in [0, 0.1) is 39.0 Å². The molecule has 7 rings (SSSR count). The number of aromatic hydroxyl groups is 1. The molecule has 0 unspecified atom stereocenters. The Kier molecular flexibility index (Phi) is 23.5. The van der Waals surface area contributed by atoms with Crippen molar-refractivity contribution in [2.24, 2.45) is 40.9 Å². The number of fused-ring (bicyclic) bond motifs is 3. The molecule has 5 aromatic carbocycles. The zero-order chi connectivity index (χ0) is 63.1. The van der Waals surface area contributed by atoms with Crippen molar-refractivity contribution in [3.8, 4) is 29.2 Å². The van der Waals surface area contributed by atoms with Crippen molar-refractivity contribution < 1.29 is 75.6 Å². The van der Waals surface area contributed by atoms with Crippen LogP contribution in [0.3, 0.4) is 0 Å². The number of aromatic nitrogens is 2. The summed E-state index contributed by atoms with van der Waals surface area (Å²) < 4.78 is 141. The molecular formula is C51H50ClN11O17S6. The highest BCUT2D eigenvalue weighted by atomic mass is 35.5. The first kappa shape index (κ1) is 67.3. The lowest BCUT2D eigenvalue weighted by Crippen LogP contribution is -2.08. The zero-order valence-corrected chi connectivity index (χ0v) is 51.4. The monoisotopic (exact) mass is 1320 g/mol. The van der Waals surface area contributed by atoms with E-state index >= 15 is 0 Å². The zero-order valence-electron chi connectivity index (χ0n) is 45.7. The predicted molar refractivity (Wildman–Crippen MR) is 318 cm³/mol. The van der Waals surface area contributed by atoms with Gasteiger partial charge in [0.15, 0.2) is 17.1 Å². The van der Waals surface area contributed by atoms with Gasteiger partial charge < -0.3 is 19.3 Å². The molecule has 0 radical (unpaired) electrons. The summed E-state index contributed by atoms with van der Waals surface area (Å²) in [5, 5.41) is 57.8. The summed E-state index contributed by atoms with van der Waals surface area (Å²) in [6, 6.07) is 21.4. The summed E-state index contributed by atoms with van der Waals surface area (Å²) in [4.78, 5) is 16.5. The standard InChI is InChI=1S/C51H50ClN11O14S5.O3S/c1-29-19-41(59-62-49-32(4)35(27-53)50-54-40-23-34(75-5)10-12-44(40)63(50)51(49)65)46(76-13-6-16-80(66,67)68)24-37(29)57-60-42-21-31(3)39(26-48(42)79-15-8-18-82(72,73)74)58-61-43-20-30(2)38(25-47(43)78-14-7-17-81(69,70)71)56-55-33-9-11-36(52)45(22-33)77-28-64;1-4(2)3/h9-12,19-26,28,65H,6-8,13-18H2,1-5H3,(H,66,67,68)(H,69,70,71)(H,72,73,74);. The van der Waals surface area contributed by atoms with E-state index in [-0.39, 0.29) is 100 Å². The van der Waals surface area contributed by atoms with E-state index in [4.69, 9.17) is 38.4 Å². The minimum absolute atomic E-state index is 0.0490. The molecule has 0 spiro atoms. The average molecular weight is 1320 g/mol. The van der Waals surface area contributed by atoms with Gasteiger partial charge >= 0.3 is 10.6 Å². The van der Waals surface area contributed by atoms with Crippen LogP contribution in [0.4, 0.5) is 45.5 Å². The van der Waals surface area contributed by atoms with Crippen LogP contribution in [-0.2, 0) is 45.8 Å². The minimum Gasteiger partial charge on any atom is -0.497 e. The molecule has 2 aromatic heterocycles. The van der Waals surface area contributed by atoms with E-state index in [0.29, 0.717) is 71.7 Å². The lowest BCUT2D eigenvalue weighted by molar-refractivity contribution is -0.120. The predicted octanol–water partition coefficient (Wildman–Crippen LogP) is 12.5. The van der Waals surface area contributed by atoms with Gasteiger partial charge in [-0.2, -0.15) is 51.0 Å². The average Bonchev–Trinajstić information content (AvgIpc) is 1.74. The number of carbonyl (C=O) groups excluding carboxylic acids is 1. The number of azo groups is 4. The summed E-state index contributed by atoms with van der Waals surface area (Å²) in [5.74, 6) is -0.882. The number of nitriles is 1. The van der Waals surface area contributed by atoms with E-state index < -0.39 is 58.2 Å². The van der Waals surface area contributed by atoms with Crippen molar-refractivity contribution >= 4 is 145 Å². The van der Waals surface area contributed by atoms with Gasteiger partial charge in [0, 0.05) is 33.6 Å². The second kappa shape index (κ2) is 30.0. The number of aryl methyl sites for hydroxylation is 3. The summed E-state index contributed by atoms with van der Waals surface area (Å²) >= 11 is 8.55. The number of thioether (sulfide) groups is 2. The van der Waals surface area contributed by atoms with Crippen molar-refractivity contribution in [1.82, 2.24) is 9.38 Å². The maximum absolute atomic E-state index is 11.6. The third-order valence-corrected chi connectivity index (χ3v) is 16.7. The van der Waals surface area contributed by atoms with Crippen LogP contribution in [-0.4, -0.2) is 115 Å². The highest BCUT2D eigenvalue weighted by molar-refractivity contribution is 7.99. The molecule has 7 aromatic rings. The number of halogens is 1. The van der Waals surface area contributed by atoms with Crippen LogP contribution in [0.5, 0.6) is 23.1 Å². The Balaban J connectivity index is 0.00000286. The SMILES string of the molecule is COc1ccc2c(c1)nc1c(C#N)c(C)c(N=Nc3cc(C)c(N=Nc4cc(C)c(N=Nc5cc(C)c(N=Nc6ccc(Cl)c(OC=O)c6)cc5SCCCS(=O)(=O)O)cc4SCCCS(=O)(=O)O)cc3OCCCS(=O)(=O)O)c(O)n12.O=S(=O)=O. The Hall–Kier alpha value is -7.85. The Labute approximate surface area is 506 Å². The van der Waals surface area contributed by atoms with Crippen LogP contribution in [0.25, 0.3) is 16.7 Å². The molecule has 0 saturated carbocycles. The molecule has 0 aliphatic heterocycles. The quantitative estimate of drug-likeness (QED) is 0.0129. The minimum atomic E-state index is -4.34. The van der Waals surface area contributed by atoms with Gasteiger partial charge in [-0.3, -0.25) is 22.9 Å². The first-order chi connectivity index (χ1) is 40.6. The number of carbonyl (C=O) groups is 1. The second-order valence-electron chi connectivity index (χ2n) is 18.0. The highest BCUT2D eigenvalue weighted by Crippen LogP contribution is 2.44. The highest BCUT2D eigenvalue weighted by Gasteiger charge is 2.22. The number of hydrogen-bond donors (Lipinski definition) is 4. The van der Waals surface area contributed by atoms with Crippen LogP contribution in [0.15, 0.2) is 124 Å². The number of ether oxygens (including phenoxy) is 3. The molecule has 0 atom stereocenters. The number of rotatable bonds is 26. The van der Waals surface area contributed by atoms with E-state index in [9.17, 15) is 54.1 Å². The van der Waals surface area contributed by atoms with Gasteiger partial charge in [-0.15, -0.1) is 56.6 Å². The van der Waals surface area contributed by atoms with Crippen LogP contribution >= 0.6 is 35.1 Å². The second-order valence-corrected chi connectivity index (χ2v) is 25.8. The maximum atomic E-state index is 11.6. The third kappa shape index (κ3) is 19.3. The normalized spacial score (nSPS) is 12.1. The lowest BCUT2D eigenvalue weighted by Gasteiger charge is -2.12. The molecule has 454 valence electrons. The van der Waals surface area contributed by atoms with Gasteiger partial charge in [-0.25, -0.2) is 4.98 Å². The van der Waals surface area contributed by atoms with Gasteiger partial charge in [0.2, 0.25) is 5.88 Å². The molecule has 0 fully saturated rings. The molecule has 28 nitrogen and oxygen atoms in total. The number of imidazole rings is 1. The molecule has 2 heterocycles. The Bertz CT molecular complexity index is 4390. The summed E-state index contributed by atoms with van der Waals surface area (Å²) in [7, 11) is -14.5. The summed E-state index contributed by atoms with van der Waals surface area (Å²) in [5.41, 5.74) is 5.24. The molecule has 86 heavy (non-hydrogen) atoms. The van der Waals surface area contributed by atoms with Crippen LogP contribution in [0.1, 0.15) is 47.1 Å². The Morgan fingerprint density at radius 1 is 0.663 bits per heavy atom. The molecule has 0 aliphatic carbocycles. The summed E-state index contributed by atoms with van der Waals surface area (Å²) in [6.07, 6.45) is 0.0313. The van der Waals surface area contributed by atoms with E-state index in [1.165, 1.54) is 53.2 Å².